The Morgan fingerprint density at radius 3 is 2.86 bits per heavy atom. The number of aliphatic imine (C=N–C) groups is 1. The van der Waals surface area contributed by atoms with Crippen LogP contribution in [0.25, 0.3) is 0 Å². The van der Waals surface area contributed by atoms with Crippen LogP contribution in [0.15, 0.2) is 4.99 Å². The second-order valence-electron chi connectivity index (χ2n) is 3.19. The van der Waals surface area contributed by atoms with E-state index in [9.17, 15) is 0 Å². The highest BCUT2D eigenvalue weighted by molar-refractivity contribution is 7.99. The summed E-state index contributed by atoms with van der Waals surface area (Å²) in [5.74, 6) is 4.28. The SMILES string of the molecule is CSCCCN=C(N)N1CCSCC1. The Balaban J connectivity index is 2.20. The molecule has 0 bridgehead atoms. The summed E-state index contributed by atoms with van der Waals surface area (Å²) in [7, 11) is 0. The quantitative estimate of drug-likeness (QED) is 0.448. The van der Waals surface area contributed by atoms with Crippen LogP contribution in [0.5, 0.6) is 0 Å². The number of hydrogen-bond acceptors (Lipinski definition) is 3. The molecule has 0 saturated carbocycles. The second-order valence-corrected chi connectivity index (χ2v) is 5.40. The molecule has 0 radical (unpaired) electrons. The molecule has 1 aliphatic rings. The molecule has 0 spiro atoms. The van der Waals surface area contributed by atoms with Crippen molar-refractivity contribution < 1.29 is 0 Å². The molecule has 0 unspecified atom stereocenters. The first kappa shape index (κ1) is 12.0. The Labute approximate surface area is 94.9 Å². The van der Waals surface area contributed by atoms with Crippen molar-refractivity contribution in [3.63, 3.8) is 0 Å². The Kier molecular flexibility index (Phi) is 6.27. The molecule has 5 heteroatoms. The molecule has 1 heterocycles. The maximum Gasteiger partial charge on any atom is 0.191 e. The molecule has 0 aliphatic carbocycles. The number of rotatable bonds is 4. The molecule has 2 N–H and O–H groups in total. The molecule has 1 fully saturated rings. The molecule has 0 aromatic carbocycles. The van der Waals surface area contributed by atoms with Gasteiger partial charge in [0.25, 0.3) is 0 Å². The van der Waals surface area contributed by atoms with Gasteiger partial charge in [-0.2, -0.15) is 23.5 Å². The molecule has 14 heavy (non-hydrogen) atoms. The van der Waals surface area contributed by atoms with Crippen molar-refractivity contribution in [1.82, 2.24) is 4.90 Å². The third-order valence-corrected chi connectivity index (χ3v) is 3.75. The summed E-state index contributed by atoms with van der Waals surface area (Å²) in [5, 5.41) is 0. The highest BCUT2D eigenvalue weighted by Gasteiger charge is 2.11. The van der Waals surface area contributed by atoms with Gasteiger partial charge in [0.1, 0.15) is 0 Å². The van der Waals surface area contributed by atoms with E-state index in [1.54, 1.807) is 0 Å². The van der Waals surface area contributed by atoms with E-state index in [1.165, 1.54) is 17.3 Å². The summed E-state index contributed by atoms with van der Waals surface area (Å²) >= 11 is 3.85. The van der Waals surface area contributed by atoms with Gasteiger partial charge in [0.05, 0.1) is 0 Å². The minimum Gasteiger partial charge on any atom is -0.370 e. The van der Waals surface area contributed by atoms with Crippen molar-refractivity contribution in [2.75, 3.05) is 43.1 Å². The molecule has 0 atom stereocenters. The van der Waals surface area contributed by atoms with E-state index in [4.69, 9.17) is 5.73 Å². The lowest BCUT2D eigenvalue weighted by Crippen LogP contribution is -2.42. The fourth-order valence-electron chi connectivity index (χ4n) is 1.29. The van der Waals surface area contributed by atoms with Gasteiger partial charge in [-0.05, 0) is 18.4 Å². The van der Waals surface area contributed by atoms with Crippen molar-refractivity contribution in [3.8, 4) is 0 Å². The summed E-state index contributed by atoms with van der Waals surface area (Å²) in [6.07, 6.45) is 3.25. The summed E-state index contributed by atoms with van der Waals surface area (Å²) < 4.78 is 0. The van der Waals surface area contributed by atoms with Crippen LogP contribution in [0, 0.1) is 0 Å². The normalized spacial score (nSPS) is 18.6. The van der Waals surface area contributed by atoms with Crippen molar-refractivity contribution in [1.29, 1.82) is 0 Å². The van der Waals surface area contributed by atoms with Gasteiger partial charge < -0.3 is 10.6 Å². The molecular formula is C9H19N3S2. The Bertz CT molecular complexity index is 179. The van der Waals surface area contributed by atoms with Gasteiger partial charge in [-0.1, -0.05) is 0 Å². The highest BCUT2D eigenvalue weighted by atomic mass is 32.2. The molecule has 0 aromatic rings. The fourth-order valence-corrected chi connectivity index (χ4v) is 2.62. The first-order valence-electron chi connectivity index (χ1n) is 4.96. The number of guanidine groups is 1. The monoisotopic (exact) mass is 233 g/mol. The first-order chi connectivity index (χ1) is 6.84. The van der Waals surface area contributed by atoms with Crippen LogP contribution in [0.1, 0.15) is 6.42 Å². The molecule has 1 aliphatic heterocycles. The zero-order valence-electron chi connectivity index (χ0n) is 8.74. The Morgan fingerprint density at radius 1 is 1.50 bits per heavy atom. The van der Waals surface area contributed by atoms with Crippen LogP contribution in [0.2, 0.25) is 0 Å². The summed E-state index contributed by atoms with van der Waals surface area (Å²) in [6.45, 7) is 2.99. The lowest BCUT2D eigenvalue weighted by molar-refractivity contribution is 0.456. The average molecular weight is 233 g/mol. The molecule has 82 valence electrons. The standard InChI is InChI=1S/C9H19N3S2/c1-13-6-2-3-11-9(10)12-4-7-14-8-5-12/h2-8H2,1H3,(H2,10,11). The maximum absolute atomic E-state index is 5.89. The third-order valence-electron chi connectivity index (χ3n) is 2.12. The summed E-state index contributed by atoms with van der Waals surface area (Å²) in [4.78, 5) is 6.57. The minimum absolute atomic E-state index is 0.742. The van der Waals surface area contributed by atoms with Gasteiger partial charge in [0, 0.05) is 31.1 Å². The molecule has 3 nitrogen and oxygen atoms in total. The number of nitrogens with two attached hydrogens (primary N) is 1. The zero-order valence-corrected chi connectivity index (χ0v) is 10.4. The van der Waals surface area contributed by atoms with Crippen LogP contribution < -0.4 is 5.73 Å². The van der Waals surface area contributed by atoms with Crippen LogP contribution in [-0.4, -0.2) is 54.0 Å². The van der Waals surface area contributed by atoms with E-state index in [-0.39, 0.29) is 0 Å². The molecule has 0 aromatic heterocycles. The third kappa shape index (κ3) is 4.46. The molecule has 1 saturated heterocycles. The highest BCUT2D eigenvalue weighted by Crippen LogP contribution is 2.08. The van der Waals surface area contributed by atoms with Crippen molar-refractivity contribution in [2.24, 2.45) is 10.7 Å². The van der Waals surface area contributed by atoms with E-state index < -0.39 is 0 Å². The number of nitrogens with zero attached hydrogens (tertiary/aromatic N) is 2. The van der Waals surface area contributed by atoms with Crippen molar-refractivity contribution >= 4 is 29.5 Å². The summed E-state index contributed by atoms with van der Waals surface area (Å²) in [6, 6.07) is 0. The van der Waals surface area contributed by atoms with Crippen LogP contribution in [-0.2, 0) is 0 Å². The first-order valence-corrected chi connectivity index (χ1v) is 7.51. The van der Waals surface area contributed by atoms with Gasteiger partial charge in [-0.3, -0.25) is 4.99 Å². The topological polar surface area (TPSA) is 41.6 Å². The van der Waals surface area contributed by atoms with Crippen molar-refractivity contribution in [2.45, 2.75) is 6.42 Å². The molecule has 1 rings (SSSR count). The van der Waals surface area contributed by atoms with E-state index in [1.807, 2.05) is 23.5 Å². The average Bonchev–Trinajstić information content (AvgIpc) is 2.25. The Morgan fingerprint density at radius 2 is 2.21 bits per heavy atom. The second kappa shape index (κ2) is 7.29. The lowest BCUT2D eigenvalue weighted by atomic mass is 10.5. The number of hydrogen-bond donors (Lipinski definition) is 1. The molecular weight excluding hydrogens is 214 g/mol. The predicted octanol–water partition coefficient (Wildman–Crippen LogP) is 1.10. The van der Waals surface area contributed by atoms with Gasteiger partial charge in [-0.15, -0.1) is 0 Å². The van der Waals surface area contributed by atoms with Crippen molar-refractivity contribution in [3.05, 3.63) is 0 Å². The van der Waals surface area contributed by atoms with E-state index in [0.717, 1.165) is 32.0 Å². The van der Waals surface area contributed by atoms with E-state index in [0.29, 0.717) is 0 Å². The zero-order chi connectivity index (χ0) is 10.2. The van der Waals surface area contributed by atoms with Crippen LogP contribution in [0.3, 0.4) is 0 Å². The fraction of sp³-hybridized carbons (Fsp3) is 0.889. The van der Waals surface area contributed by atoms with Gasteiger partial charge >= 0.3 is 0 Å². The smallest absolute Gasteiger partial charge is 0.191 e. The van der Waals surface area contributed by atoms with E-state index >= 15 is 0 Å². The van der Waals surface area contributed by atoms with Gasteiger partial charge in [-0.25, -0.2) is 0 Å². The lowest BCUT2D eigenvalue weighted by Gasteiger charge is -2.27. The minimum atomic E-state index is 0.742. The maximum atomic E-state index is 5.89. The van der Waals surface area contributed by atoms with Gasteiger partial charge in [0.2, 0.25) is 0 Å². The number of thioether (sulfide) groups is 2. The largest absolute Gasteiger partial charge is 0.370 e. The van der Waals surface area contributed by atoms with Crippen LogP contribution in [0.4, 0.5) is 0 Å². The van der Waals surface area contributed by atoms with Gasteiger partial charge in [0.15, 0.2) is 5.96 Å². The summed E-state index contributed by atoms with van der Waals surface area (Å²) in [5.41, 5.74) is 5.89. The van der Waals surface area contributed by atoms with Crippen LogP contribution >= 0.6 is 23.5 Å². The molecule has 0 amide bonds. The Hall–Kier alpha value is -0.0300. The van der Waals surface area contributed by atoms with E-state index in [2.05, 4.69) is 16.1 Å². The predicted molar refractivity (Wildman–Crippen MR) is 68.4 cm³/mol.